The van der Waals surface area contributed by atoms with Crippen LogP contribution in [0.15, 0.2) is 0 Å². The first-order chi connectivity index (χ1) is 10.8. The minimum atomic E-state index is -1.19. The molecule has 0 aromatic rings. The van der Waals surface area contributed by atoms with Gasteiger partial charge in [0.05, 0.1) is 19.6 Å². The van der Waals surface area contributed by atoms with E-state index in [-0.39, 0.29) is 17.7 Å². The lowest BCUT2D eigenvalue weighted by Gasteiger charge is -2.42. The molecule has 1 amide bonds. The topological polar surface area (TPSA) is 110 Å². The summed E-state index contributed by atoms with van der Waals surface area (Å²) in [6.07, 6.45) is 3.26. The van der Waals surface area contributed by atoms with Crippen LogP contribution in [-0.4, -0.2) is 58.8 Å². The molecule has 0 aromatic heterocycles. The van der Waals surface area contributed by atoms with Gasteiger partial charge in [0.15, 0.2) is 0 Å². The average Bonchev–Trinajstić information content (AvgIpc) is 2.51. The van der Waals surface area contributed by atoms with Gasteiger partial charge in [-0.3, -0.25) is 9.59 Å². The van der Waals surface area contributed by atoms with Crippen molar-refractivity contribution < 1.29 is 24.2 Å². The Morgan fingerprint density at radius 3 is 2.43 bits per heavy atom. The molecule has 1 rings (SSSR count). The molecule has 1 aliphatic rings. The number of hydrogen-bond donors (Lipinski definition) is 3. The van der Waals surface area contributed by atoms with E-state index in [4.69, 9.17) is 15.6 Å². The fourth-order valence-corrected chi connectivity index (χ4v) is 3.46. The third-order valence-electron chi connectivity index (χ3n) is 4.37. The van der Waals surface area contributed by atoms with Gasteiger partial charge in [0.1, 0.15) is 6.04 Å². The molecule has 4 atom stereocenters. The van der Waals surface area contributed by atoms with Gasteiger partial charge in [0, 0.05) is 11.8 Å². The van der Waals surface area contributed by atoms with E-state index in [0.717, 1.165) is 25.7 Å². The van der Waals surface area contributed by atoms with Crippen LogP contribution in [-0.2, 0) is 19.1 Å². The molecule has 1 unspecified atom stereocenters. The van der Waals surface area contributed by atoms with Crippen molar-refractivity contribution in [2.24, 2.45) is 11.7 Å². The molecule has 132 valence electrons. The summed E-state index contributed by atoms with van der Waals surface area (Å²) in [5.41, 5.74) is 5.76. The molecular formula is C15H26N2O5S. The predicted molar refractivity (Wildman–Crippen MR) is 88.2 cm³/mol. The number of aliphatic carboxylic acids is 1. The van der Waals surface area contributed by atoms with Crippen molar-refractivity contribution >= 4 is 30.5 Å². The van der Waals surface area contributed by atoms with Gasteiger partial charge in [-0.15, -0.1) is 0 Å². The van der Waals surface area contributed by atoms with Gasteiger partial charge >= 0.3 is 11.9 Å². The highest BCUT2D eigenvalue weighted by atomic mass is 32.1. The van der Waals surface area contributed by atoms with Crippen LogP contribution >= 0.6 is 12.6 Å². The van der Waals surface area contributed by atoms with Crippen molar-refractivity contribution in [2.45, 2.75) is 57.2 Å². The summed E-state index contributed by atoms with van der Waals surface area (Å²) in [6, 6.07) is -2.21. The minimum Gasteiger partial charge on any atom is -0.481 e. The van der Waals surface area contributed by atoms with Crippen LogP contribution in [0.2, 0.25) is 0 Å². The summed E-state index contributed by atoms with van der Waals surface area (Å²) in [5, 5.41) is 8.87. The zero-order valence-electron chi connectivity index (χ0n) is 13.6. The van der Waals surface area contributed by atoms with E-state index in [9.17, 15) is 14.4 Å². The summed E-state index contributed by atoms with van der Waals surface area (Å²) in [6.45, 7) is 2.03. The standard InChI is InChI=1S/C15H26N2O5S/c1-9-5-3-4-6-11(9)17(12(8-23)15(21)22-2)14(20)10(16)7-13(18)19/h9-12,23H,3-8,16H2,1-2H3,(H,18,19)/t9?,10-,11-,12-/m0/s1. The smallest absolute Gasteiger partial charge is 0.329 e. The molecule has 0 aromatic carbocycles. The maximum Gasteiger partial charge on any atom is 0.329 e. The predicted octanol–water partition coefficient (Wildman–Crippen LogP) is 0.667. The lowest BCUT2D eigenvalue weighted by atomic mass is 9.84. The Morgan fingerprint density at radius 1 is 1.35 bits per heavy atom. The zero-order chi connectivity index (χ0) is 17.6. The quantitative estimate of drug-likeness (QED) is 0.462. The Kier molecular flexibility index (Phi) is 7.84. The number of nitrogens with zero attached hydrogens (tertiary/aromatic N) is 1. The Balaban J connectivity index is 3.10. The molecule has 3 N–H and O–H groups in total. The van der Waals surface area contributed by atoms with E-state index >= 15 is 0 Å². The molecule has 8 heteroatoms. The number of carboxylic acids is 1. The van der Waals surface area contributed by atoms with Crippen molar-refractivity contribution in [3.8, 4) is 0 Å². The number of rotatable bonds is 7. The molecule has 0 bridgehead atoms. The largest absolute Gasteiger partial charge is 0.481 e. The molecule has 0 saturated heterocycles. The second kappa shape index (κ2) is 9.12. The fourth-order valence-electron chi connectivity index (χ4n) is 3.14. The highest BCUT2D eigenvalue weighted by molar-refractivity contribution is 7.80. The van der Waals surface area contributed by atoms with Crippen molar-refractivity contribution in [1.82, 2.24) is 4.90 Å². The molecule has 0 aliphatic heterocycles. The summed E-state index contributed by atoms with van der Waals surface area (Å²) in [5.74, 6) is -1.94. The van der Waals surface area contributed by atoms with Crippen molar-refractivity contribution in [3.63, 3.8) is 0 Å². The van der Waals surface area contributed by atoms with Gasteiger partial charge in [-0.2, -0.15) is 12.6 Å². The highest BCUT2D eigenvalue weighted by Crippen LogP contribution is 2.30. The van der Waals surface area contributed by atoms with Crippen molar-refractivity contribution in [3.05, 3.63) is 0 Å². The number of amides is 1. The molecule has 1 fully saturated rings. The average molecular weight is 346 g/mol. The molecule has 0 radical (unpaired) electrons. The molecule has 1 aliphatic carbocycles. The summed E-state index contributed by atoms with van der Waals surface area (Å²) in [7, 11) is 1.25. The number of ether oxygens (including phenoxy) is 1. The number of hydrogen-bond acceptors (Lipinski definition) is 6. The molecule has 0 spiro atoms. The van der Waals surface area contributed by atoms with E-state index in [1.807, 2.05) is 6.92 Å². The first-order valence-corrected chi connectivity index (χ1v) is 8.44. The van der Waals surface area contributed by atoms with Gasteiger partial charge in [-0.05, 0) is 18.8 Å². The first kappa shape index (κ1) is 19.8. The Bertz CT molecular complexity index is 446. The number of carbonyl (C=O) groups is 3. The van der Waals surface area contributed by atoms with E-state index in [0.29, 0.717) is 0 Å². The van der Waals surface area contributed by atoms with Gasteiger partial charge in [0.25, 0.3) is 0 Å². The zero-order valence-corrected chi connectivity index (χ0v) is 14.5. The van der Waals surface area contributed by atoms with E-state index in [2.05, 4.69) is 12.6 Å². The van der Waals surface area contributed by atoms with Crippen LogP contribution < -0.4 is 5.73 Å². The minimum absolute atomic E-state index is 0.0986. The maximum atomic E-state index is 12.7. The number of esters is 1. The van der Waals surface area contributed by atoms with Gasteiger partial charge in [0.2, 0.25) is 5.91 Å². The summed E-state index contributed by atoms with van der Waals surface area (Å²) < 4.78 is 4.78. The number of carbonyl (C=O) groups excluding carboxylic acids is 2. The van der Waals surface area contributed by atoms with Crippen LogP contribution in [0.1, 0.15) is 39.0 Å². The van der Waals surface area contributed by atoms with Gasteiger partial charge in [-0.25, -0.2) is 4.79 Å². The van der Waals surface area contributed by atoms with E-state index in [1.54, 1.807) is 0 Å². The molecular weight excluding hydrogens is 320 g/mol. The van der Waals surface area contributed by atoms with Crippen LogP contribution in [0.4, 0.5) is 0 Å². The number of thiol groups is 1. The van der Waals surface area contributed by atoms with Crippen LogP contribution in [0.3, 0.4) is 0 Å². The second-order valence-corrected chi connectivity index (χ2v) is 6.37. The second-order valence-electron chi connectivity index (χ2n) is 6.00. The first-order valence-electron chi connectivity index (χ1n) is 7.81. The molecule has 23 heavy (non-hydrogen) atoms. The number of nitrogens with two attached hydrogens (primary N) is 1. The molecule has 1 saturated carbocycles. The van der Waals surface area contributed by atoms with E-state index in [1.165, 1.54) is 12.0 Å². The van der Waals surface area contributed by atoms with Crippen molar-refractivity contribution in [2.75, 3.05) is 12.9 Å². The fraction of sp³-hybridized carbons (Fsp3) is 0.800. The molecule has 7 nitrogen and oxygen atoms in total. The number of methoxy groups -OCH3 is 1. The summed E-state index contributed by atoms with van der Waals surface area (Å²) >= 11 is 4.18. The van der Waals surface area contributed by atoms with Gasteiger partial charge in [-0.1, -0.05) is 19.8 Å². The van der Waals surface area contributed by atoms with Crippen LogP contribution in [0.25, 0.3) is 0 Å². The third kappa shape index (κ3) is 5.10. The highest BCUT2D eigenvalue weighted by Gasteiger charge is 2.40. The SMILES string of the molecule is COC(=O)[C@H](CS)N(C(=O)[C@@H](N)CC(=O)O)[C@H]1CCCCC1C. The lowest BCUT2D eigenvalue weighted by molar-refractivity contribution is -0.156. The van der Waals surface area contributed by atoms with Crippen molar-refractivity contribution in [1.29, 1.82) is 0 Å². The van der Waals surface area contributed by atoms with Crippen LogP contribution in [0.5, 0.6) is 0 Å². The van der Waals surface area contributed by atoms with Crippen LogP contribution in [0, 0.1) is 5.92 Å². The normalized spacial score (nSPS) is 23.7. The van der Waals surface area contributed by atoms with E-state index < -0.39 is 36.4 Å². The summed E-state index contributed by atoms with van der Waals surface area (Å²) in [4.78, 5) is 37.1. The Morgan fingerprint density at radius 2 is 1.96 bits per heavy atom. The van der Waals surface area contributed by atoms with Gasteiger partial charge < -0.3 is 20.5 Å². The monoisotopic (exact) mass is 346 g/mol. The Hall–Kier alpha value is -1.28. The molecule has 0 heterocycles. The third-order valence-corrected chi connectivity index (χ3v) is 4.72. The number of carboxylic acid groups (broad SMARTS) is 1. The lowest BCUT2D eigenvalue weighted by Crippen LogP contribution is -2.59. The maximum absolute atomic E-state index is 12.7. The Labute approximate surface area is 141 Å².